The van der Waals surface area contributed by atoms with Gasteiger partial charge in [0.25, 0.3) is 0 Å². The quantitative estimate of drug-likeness (QED) is 0.591. The van der Waals surface area contributed by atoms with E-state index in [9.17, 15) is 4.79 Å². The molecule has 0 amide bonds. The Morgan fingerprint density at radius 2 is 2.35 bits per heavy atom. The van der Waals surface area contributed by atoms with Crippen LogP contribution in [0.4, 0.5) is 11.4 Å². The van der Waals surface area contributed by atoms with E-state index in [1.807, 2.05) is 6.92 Å². The molecular weight excluding hydrogens is 222 g/mol. The highest BCUT2D eigenvalue weighted by Crippen LogP contribution is 2.25. The fraction of sp³-hybridized carbons (Fsp3) is 0.364. The van der Waals surface area contributed by atoms with Crippen LogP contribution in [0, 0.1) is 0 Å². The first-order chi connectivity index (χ1) is 8.10. The molecule has 0 aliphatic rings. The van der Waals surface area contributed by atoms with E-state index in [1.54, 1.807) is 12.1 Å². The zero-order chi connectivity index (χ0) is 12.4. The molecule has 1 atom stereocenters. The Kier molecular flexibility index (Phi) is 3.06. The number of aromatic nitrogens is 1. The third-order valence-corrected chi connectivity index (χ3v) is 2.56. The molecule has 6 nitrogen and oxygen atoms in total. The van der Waals surface area contributed by atoms with Crippen LogP contribution in [0.2, 0.25) is 0 Å². The SMILES string of the molecule is CC(CCO)Nc1cc2[nH]c(=O)oc2cc1N. The van der Waals surface area contributed by atoms with Gasteiger partial charge in [0.05, 0.1) is 16.9 Å². The maximum atomic E-state index is 11.0. The standard InChI is InChI=1S/C11H15N3O3/c1-6(2-3-15)13-8-5-9-10(4-7(8)12)17-11(16)14-9/h4-6,13,15H,2-3,12H2,1H3,(H,14,16). The number of hydrogen-bond donors (Lipinski definition) is 4. The van der Waals surface area contributed by atoms with Crippen molar-refractivity contribution in [2.24, 2.45) is 0 Å². The van der Waals surface area contributed by atoms with Gasteiger partial charge in [0.15, 0.2) is 5.58 Å². The predicted octanol–water partition coefficient (Wildman–Crippen LogP) is 0.886. The van der Waals surface area contributed by atoms with E-state index in [1.165, 1.54) is 0 Å². The van der Waals surface area contributed by atoms with E-state index < -0.39 is 5.76 Å². The number of fused-ring (bicyclic) bond motifs is 1. The molecular formula is C11H15N3O3. The number of benzene rings is 1. The molecule has 0 radical (unpaired) electrons. The topological polar surface area (TPSA) is 104 Å². The number of aliphatic hydroxyl groups excluding tert-OH is 1. The summed E-state index contributed by atoms with van der Waals surface area (Å²) >= 11 is 0. The fourth-order valence-corrected chi connectivity index (χ4v) is 1.67. The molecule has 17 heavy (non-hydrogen) atoms. The van der Waals surface area contributed by atoms with Crippen molar-refractivity contribution in [2.45, 2.75) is 19.4 Å². The number of oxazole rings is 1. The largest absolute Gasteiger partial charge is 0.417 e. The van der Waals surface area contributed by atoms with Gasteiger partial charge < -0.3 is 20.6 Å². The molecule has 1 unspecified atom stereocenters. The van der Waals surface area contributed by atoms with Crippen LogP contribution in [0.1, 0.15) is 13.3 Å². The normalized spacial score (nSPS) is 12.8. The van der Waals surface area contributed by atoms with E-state index in [4.69, 9.17) is 15.3 Å². The van der Waals surface area contributed by atoms with E-state index >= 15 is 0 Å². The summed E-state index contributed by atoms with van der Waals surface area (Å²) in [4.78, 5) is 13.6. The van der Waals surface area contributed by atoms with Gasteiger partial charge in [-0.25, -0.2) is 4.79 Å². The minimum Gasteiger partial charge on any atom is -0.408 e. The predicted molar refractivity (Wildman–Crippen MR) is 66.0 cm³/mol. The maximum Gasteiger partial charge on any atom is 0.417 e. The maximum absolute atomic E-state index is 11.0. The molecule has 2 rings (SSSR count). The van der Waals surface area contributed by atoms with E-state index in [-0.39, 0.29) is 12.6 Å². The smallest absolute Gasteiger partial charge is 0.408 e. The van der Waals surface area contributed by atoms with Crippen molar-refractivity contribution in [3.63, 3.8) is 0 Å². The zero-order valence-corrected chi connectivity index (χ0v) is 9.49. The fourth-order valence-electron chi connectivity index (χ4n) is 1.67. The molecule has 92 valence electrons. The van der Waals surface area contributed by atoms with Gasteiger partial charge in [-0.05, 0) is 19.4 Å². The minimum atomic E-state index is -0.500. The molecule has 0 fully saturated rings. The van der Waals surface area contributed by atoms with Gasteiger partial charge in [-0.1, -0.05) is 0 Å². The van der Waals surface area contributed by atoms with Crippen molar-refractivity contribution in [1.29, 1.82) is 0 Å². The van der Waals surface area contributed by atoms with E-state index in [0.29, 0.717) is 23.2 Å². The summed E-state index contributed by atoms with van der Waals surface area (Å²) in [5.74, 6) is -0.500. The first kappa shape index (κ1) is 11.5. The molecule has 6 heteroatoms. The number of aromatic amines is 1. The Morgan fingerprint density at radius 1 is 1.59 bits per heavy atom. The van der Waals surface area contributed by atoms with E-state index in [0.717, 1.165) is 5.69 Å². The number of aliphatic hydroxyl groups is 1. The first-order valence-corrected chi connectivity index (χ1v) is 5.40. The molecule has 1 aromatic carbocycles. The number of nitrogen functional groups attached to an aromatic ring is 1. The van der Waals surface area contributed by atoms with Crippen LogP contribution in [-0.4, -0.2) is 22.7 Å². The van der Waals surface area contributed by atoms with Crippen molar-refractivity contribution in [1.82, 2.24) is 4.98 Å². The first-order valence-electron chi connectivity index (χ1n) is 5.40. The lowest BCUT2D eigenvalue weighted by molar-refractivity contribution is 0.282. The Morgan fingerprint density at radius 3 is 3.06 bits per heavy atom. The Labute approximate surface area is 97.4 Å². The van der Waals surface area contributed by atoms with Crippen molar-refractivity contribution < 1.29 is 9.52 Å². The van der Waals surface area contributed by atoms with Crippen LogP contribution in [0.25, 0.3) is 11.1 Å². The molecule has 1 heterocycles. The molecule has 1 aromatic heterocycles. The van der Waals surface area contributed by atoms with Crippen molar-refractivity contribution in [3.05, 3.63) is 22.7 Å². The van der Waals surface area contributed by atoms with Gasteiger partial charge in [-0.3, -0.25) is 4.98 Å². The summed E-state index contributed by atoms with van der Waals surface area (Å²) in [5, 5.41) is 12.0. The van der Waals surface area contributed by atoms with Crippen LogP contribution in [-0.2, 0) is 0 Å². The third kappa shape index (κ3) is 2.42. The lowest BCUT2D eigenvalue weighted by Gasteiger charge is -2.15. The lowest BCUT2D eigenvalue weighted by atomic mass is 10.2. The second-order valence-electron chi connectivity index (χ2n) is 4.01. The Bertz CT molecular complexity index is 573. The van der Waals surface area contributed by atoms with Gasteiger partial charge in [0.2, 0.25) is 0 Å². The number of nitrogens with one attached hydrogen (secondary N) is 2. The number of nitrogens with two attached hydrogens (primary N) is 1. The third-order valence-electron chi connectivity index (χ3n) is 2.56. The zero-order valence-electron chi connectivity index (χ0n) is 9.49. The molecule has 0 bridgehead atoms. The number of rotatable bonds is 4. The van der Waals surface area contributed by atoms with Gasteiger partial charge in [-0.2, -0.15) is 0 Å². The summed E-state index contributed by atoms with van der Waals surface area (Å²) < 4.78 is 4.90. The van der Waals surface area contributed by atoms with Crippen molar-refractivity contribution in [3.8, 4) is 0 Å². The highest BCUT2D eigenvalue weighted by Gasteiger charge is 2.08. The molecule has 0 saturated heterocycles. The summed E-state index contributed by atoms with van der Waals surface area (Å²) in [6.07, 6.45) is 0.624. The summed E-state index contributed by atoms with van der Waals surface area (Å²) in [6.45, 7) is 2.05. The molecule has 2 aromatic rings. The summed E-state index contributed by atoms with van der Waals surface area (Å²) in [5.41, 5.74) is 8.10. The van der Waals surface area contributed by atoms with Crippen LogP contribution in [0.5, 0.6) is 0 Å². The highest BCUT2D eigenvalue weighted by atomic mass is 16.4. The van der Waals surface area contributed by atoms with Crippen molar-refractivity contribution >= 4 is 22.5 Å². The number of anilines is 2. The molecule has 0 aliphatic heterocycles. The lowest BCUT2D eigenvalue weighted by Crippen LogP contribution is -2.17. The van der Waals surface area contributed by atoms with Gasteiger partial charge in [0, 0.05) is 18.7 Å². The molecule has 0 aliphatic carbocycles. The second-order valence-corrected chi connectivity index (χ2v) is 4.01. The van der Waals surface area contributed by atoms with Crippen LogP contribution in [0.3, 0.4) is 0 Å². The monoisotopic (exact) mass is 237 g/mol. The summed E-state index contributed by atoms with van der Waals surface area (Å²) in [7, 11) is 0. The average Bonchev–Trinajstić information content (AvgIpc) is 2.58. The van der Waals surface area contributed by atoms with Crippen LogP contribution in [0.15, 0.2) is 21.3 Å². The Balaban J connectivity index is 2.33. The highest BCUT2D eigenvalue weighted by molar-refractivity contribution is 5.85. The average molecular weight is 237 g/mol. The minimum absolute atomic E-state index is 0.0957. The number of H-pyrrole nitrogens is 1. The van der Waals surface area contributed by atoms with Crippen LogP contribution < -0.4 is 16.8 Å². The molecule has 0 spiro atoms. The van der Waals surface area contributed by atoms with Crippen LogP contribution >= 0.6 is 0 Å². The van der Waals surface area contributed by atoms with Gasteiger partial charge in [0.1, 0.15) is 0 Å². The summed E-state index contributed by atoms with van der Waals surface area (Å²) in [6, 6.07) is 3.42. The second kappa shape index (κ2) is 4.50. The molecule has 0 saturated carbocycles. The van der Waals surface area contributed by atoms with Crippen molar-refractivity contribution in [2.75, 3.05) is 17.7 Å². The van der Waals surface area contributed by atoms with E-state index in [2.05, 4.69) is 10.3 Å². The van der Waals surface area contributed by atoms with Gasteiger partial charge >= 0.3 is 5.76 Å². The van der Waals surface area contributed by atoms with Gasteiger partial charge in [-0.15, -0.1) is 0 Å². The number of hydrogen-bond acceptors (Lipinski definition) is 5. The molecule has 5 N–H and O–H groups in total. The Hall–Kier alpha value is -1.95.